The molecule has 0 radical (unpaired) electrons. The second-order valence-electron chi connectivity index (χ2n) is 7.35. The van der Waals surface area contributed by atoms with Gasteiger partial charge in [-0.2, -0.15) is 0 Å². The van der Waals surface area contributed by atoms with Crippen molar-refractivity contribution in [2.75, 3.05) is 20.8 Å². The van der Waals surface area contributed by atoms with Crippen molar-refractivity contribution in [3.8, 4) is 11.5 Å². The van der Waals surface area contributed by atoms with Crippen molar-refractivity contribution in [3.05, 3.63) is 90.6 Å². The van der Waals surface area contributed by atoms with E-state index in [9.17, 15) is 9.59 Å². The first-order chi connectivity index (χ1) is 16.0. The van der Waals surface area contributed by atoms with Crippen molar-refractivity contribution in [2.45, 2.75) is 19.9 Å². The second kappa shape index (κ2) is 9.46. The number of fused-ring (bicyclic) bond motifs is 1. The average molecular weight is 465 g/mol. The zero-order chi connectivity index (χ0) is 23.5. The minimum atomic E-state index is -0.649. The molecule has 0 N–H and O–H groups in total. The van der Waals surface area contributed by atoms with E-state index in [-0.39, 0.29) is 12.2 Å². The summed E-state index contributed by atoms with van der Waals surface area (Å²) in [4.78, 5) is 31.6. The van der Waals surface area contributed by atoms with Crippen molar-refractivity contribution in [1.29, 1.82) is 0 Å². The van der Waals surface area contributed by atoms with Crippen molar-refractivity contribution in [1.82, 2.24) is 4.57 Å². The molecule has 0 amide bonds. The highest BCUT2D eigenvalue weighted by molar-refractivity contribution is 7.07. The lowest BCUT2D eigenvalue weighted by molar-refractivity contribution is -0.139. The van der Waals surface area contributed by atoms with Gasteiger partial charge in [-0.05, 0) is 55.3 Å². The number of hydrogen-bond donors (Lipinski definition) is 0. The van der Waals surface area contributed by atoms with Gasteiger partial charge in [0, 0.05) is 0 Å². The molecule has 0 aliphatic carbocycles. The van der Waals surface area contributed by atoms with E-state index in [1.54, 1.807) is 44.8 Å². The molecule has 7 nitrogen and oxygen atoms in total. The molecule has 1 aliphatic rings. The number of nitrogens with zero attached hydrogens (tertiary/aromatic N) is 2. The number of methoxy groups -OCH3 is 2. The topological polar surface area (TPSA) is 79.1 Å². The molecule has 1 aromatic heterocycles. The Morgan fingerprint density at radius 2 is 1.67 bits per heavy atom. The number of ether oxygens (including phenoxy) is 3. The molecule has 0 spiro atoms. The number of benzene rings is 2. The standard InChI is InChI=1S/C25H24N2O5S/c1-5-32-24(29)21-15(2)26-25-27(22(21)17-8-12-19(31-4)13-9-17)23(28)20(33-25)14-16-6-10-18(30-3)11-7-16/h6-14,22H,5H2,1-4H3/b20-14+/t22-/m0/s1. The highest BCUT2D eigenvalue weighted by Gasteiger charge is 2.33. The molecule has 1 atom stereocenters. The molecule has 3 aromatic rings. The minimum absolute atomic E-state index is 0.218. The summed E-state index contributed by atoms with van der Waals surface area (Å²) in [6, 6.07) is 14.1. The Bertz CT molecular complexity index is 1380. The minimum Gasteiger partial charge on any atom is -0.497 e. The number of carbonyl (C=O) groups is 1. The van der Waals surface area contributed by atoms with Crippen LogP contribution in [0.2, 0.25) is 0 Å². The number of allylic oxidation sites excluding steroid dienone is 1. The summed E-state index contributed by atoms with van der Waals surface area (Å²) in [5.74, 6) is 0.941. The quantitative estimate of drug-likeness (QED) is 0.524. The largest absolute Gasteiger partial charge is 0.497 e. The van der Waals surface area contributed by atoms with Crippen LogP contribution in [0.1, 0.15) is 31.0 Å². The molecule has 0 fully saturated rings. The van der Waals surface area contributed by atoms with E-state index >= 15 is 0 Å². The summed E-state index contributed by atoms with van der Waals surface area (Å²) in [7, 11) is 3.20. The van der Waals surface area contributed by atoms with Crippen LogP contribution in [0.15, 0.2) is 69.6 Å². The average Bonchev–Trinajstić information content (AvgIpc) is 3.13. The van der Waals surface area contributed by atoms with E-state index in [1.165, 1.54) is 11.3 Å². The maximum atomic E-state index is 13.5. The second-order valence-corrected chi connectivity index (χ2v) is 8.36. The van der Waals surface area contributed by atoms with Gasteiger partial charge in [-0.3, -0.25) is 9.36 Å². The van der Waals surface area contributed by atoms with E-state index in [0.29, 0.717) is 26.4 Å². The summed E-state index contributed by atoms with van der Waals surface area (Å²) in [6.45, 7) is 3.75. The van der Waals surface area contributed by atoms with E-state index < -0.39 is 12.0 Å². The molecule has 2 aromatic carbocycles. The maximum Gasteiger partial charge on any atom is 0.338 e. The third kappa shape index (κ3) is 4.34. The lowest BCUT2D eigenvalue weighted by Crippen LogP contribution is -2.39. The molecule has 0 saturated carbocycles. The van der Waals surface area contributed by atoms with Gasteiger partial charge in [0.1, 0.15) is 11.5 Å². The van der Waals surface area contributed by atoms with Crippen LogP contribution in [-0.4, -0.2) is 31.4 Å². The van der Waals surface area contributed by atoms with Crippen LogP contribution in [-0.2, 0) is 9.53 Å². The van der Waals surface area contributed by atoms with Gasteiger partial charge in [0.25, 0.3) is 5.56 Å². The van der Waals surface area contributed by atoms with Gasteiger partial charge in [-0.1, -0.05) is 35.6 Å². The number of hydrogen-bond acceptors (Lipinski definition) is 7. The van der Waals surface area contributed by atoms with Gasteiger partial charge in [-0.15, -0.1) is 0 Å². The SMILES string of the molecule is CCOC(=O)C1=C(C)N=c2s/c(=C/c3ccc(OC)cc3)c(=O)n2[C@H]1c1ccc(OC)cc1. The number of carbonyl (C=O) groups excluding carboxylic acids is 1. The van der Waals surface area contributed by atoms with E-state index in [0.717, 1.165) is 16.9 Å². The Morgan fingerprint density at radius 1 is 1.06 bits per heavy atom. The maximum absolute atomic E-state index is 13.5. The van der Waals surface area contributed by atoms with Gasteiger partial charge in [0.05, 0.1) is 42.7 Å². The molecule has 1 aliphatic heterocycles. The molecule has 0 bridgehead atoms. The van der Waals surface area contributed by atoms with Crippen molar-refractivity contribution in [3.63, 3.8) is 0 Å². The lowest BCUT2D eigenvalue weighted by Gasteiger charge is -2.24. The van der Waals surface area contributed by atoms with E-state index in [4.69, 9.17) is 14.2 Å². The number of esters is 1. The number of rotatable bonds is 6. The fraction of sp³-hybridized carbons (Fsp3) is 0.240. The monoisotopic (exact) mass is 464 g/mol. The Balaban J connectivity index is 1.90. The number of thiazole rings is 1. The molecule has 33 heavy (non-hydrogen) atoms. The highest BCUT2D eigenvalue weighted by atomic mass is 32.1. The van der Waals surface area contributed by atoms with Crippen LogP contribution < -0.4 is 24.4 Å². The normalized spacial score (nSPS) is 15.6. The third-order valence-corrected chi connectivity index (χ3v) is 6.35. The van der Waals surface area contributed by atoms with Crippen molar-refractivity contribution >= 4 is 23.4 Å². The summed E-state index contributed by atoms with van der Waals surface area (Å²) in [5.41, 5.74) is 2.30. The molecule has 4 rings (SSSR count). The first-order valence-corrected chi connectivity index (χ1v) is 11.3. The molecule has 8 heteroatoms. The van der Waals surface area contributed by atoms with Gasteiger partial charge >= 0.3 is 5.97 Å². The predicted octanol–water partition coefficient (Wildman–Crippen LogP) is 2.82. The van der Waals surface area contributed by atoms with Crippen LogP contribution >= 0.6 is 11.3 Å². The van der Waals surface area contributed by atoms with Gasteiger partial charge in [-0.25, -0.2) is 9.79 Å². The molecule has 0 saturated heterocycles. The molecule has 0 unspecified atom stereocenters. The Kier molecular flexibility index (Phi) is 6.46. The predicted molar refractivity (Wildman–Crippen MR) is 126 cm³/mol. The summed E-state index contributed by atoms with van der Waals surface area (Å²) < 4.78 is 17.9. The Labute approximate surface area is 194 Å². The smallest absolute Gasteiger partial charge is 0.338 e. The third-order valence-electron chi connectivity index (χ3n) is 5.36. The first kappa shape index (κ1) is 22.5. The van der Waals surface area contributed by atoms with Gasteiger partial charge in [0.2, 0.25) is 0 Å². The lowest BCUT2D eigenvalue weighted by atomic mass is 9.96. The molecular formula is C25H24N2O5S. The fourth-order valence-electron chi connectivity index (χ4n) is 3.74. The van der Waals surface area contributed by atoms with Crippen LogP contribution in [0.25, 0.3) is 6.08 Å². The molecular weight excluding hydrogens is 440 g/mol. The highest BCUT2D eigenvalue weighted by Crippen LogP contribution is 2.31. The summed E-state index contributed by atoms with van der Waals surface area (Å²) in [6.07, 6.45) is 1.82. The van der Waals surface area contributed by atoms with Crippen molar-refractivity contribution in [2.24, 2.45) is 4.99 Å². The zero-order valence-corrected chi connectivity index (χ0v) is 19.6. The number of aromatic nitrogens is 1. The van der Waals surface area contributed by atoms with Crippen molar-refractivity contribution < 1.29 is 19.0 Å². The first-order valence-electron chi connectivity index (χ1n) is 10.4. The Hall–Kier alpha value is -3.65. The van der Waals surface area contributed by atoms with E-state index in [2.05, 4.69) is 4.99 Å². The van der Waals surface area contributed by atoms with Crippen LogP contribution in [0.5, 0.6) is 11.5 Å². The molecule has 2 heterocycles. The van der Waals surface area contributed by atoms with Crippen LogP contribution in [0.4, 0.5) is 0 Å². The van der Waals surface area contributed by atoms with Gasteiger partial charge in [0.15, 0.2) is 4.80 Å². The zero-order valence-electron chi connectivity index (χ0n) is 18.8. The van der Waals surface area contributed by atoms with Crippen LogP contribution in [0.3, 0.4) is 0 Å². The summed E-state index contributed by atoms with van der Waals surface area (Å²) in [5, 5.41) is 0. The van der Waals surface area contributed by atoms with E-state index in [1.807, 2.05) is 42.5 Å². The van der Waals surface area contributed by atoms with Crippen LogP contribution in [0, 0.1) is 0 Å². The van der Waals surface area contributed by atoms with Gasteiger partial charge < -0.3 is 14.2 Å². The summed E-state index contributed by atoms with van der Waals surface area (Å²) >= 11 is 1.29. The Morgan fingerprint density at radius 3 is 2.24 bits per heavy atom. The fourth-order valence-corrected chi connectivity index (χ4v) is 4.79. The molecule has 170 valence electrons.